The van der Waals surface area contributed by atoms with Crippen molar-refractivity contribution in [2.24, 2.45) is 0 Å². The lowest BCUT2D eigenvalue weighted by atomic mass is 9.96. The van der Waals surface area contributed by atoms with Crippen molar-refractivity contribution in [2.45, 2.75) is 25.9 Å². The van der Waals surface area contributed by atoms with Crippen molar-refractivity contribution in [1.29, 1.82) is 0 Å². The van der Waals surface area contributed by atoms with Gasteiger partial charge in [-0.3, -0.25) is 4.98 Å². The van der Waals surface area contributed by atoms with E-state index in [4.69, 9.17) is 28.6 Å². The lowest BCUT2D eigenvalue weighted by Gasteiger charge is -2.28. The number of hydrogen-bond acceptors (Lipinski definition) is 4. The second-order valence-electron chi connectivity index (χ2n) is 8.64. The zero-order valence-corrected chi connectivity index (χ0v) is 21.7. The number of aryl methyl sites for hydroxylation is 1. The number of benzene rings is 2. The summed E-state index contributed by atoms with van der Waals surface area (Å²) in [5, 5.41) is 4.76. The molecule has 6 nitrogen and oxygen atoms in total. The zero-order chi connectivity index (χ0) is 25.4. The molecule has 1 fully saturated rings. The van der Waals surface area contributed by atoms with E-state index in [0.717, 1.165) is 34.0 Å². The molecule has 3 heterocycles. The summed E-state index contributed by atoms with van der Waals surface area (Å²) < 4.78 is 7.15. The normalized spacial score (nSPS) is 17.2. The number of esters is 1. The largest absolute Gasteiger partial charge is 0.465 e. The monoisotopic (exact) mass is 516 g/mol. The summed E-state index contributed by atoms with van der Waals surface area (Å²) in [5.41, 5.74) is 6.16. The molecular formula is C28H25ClN4O2S. The number of halogens is 1. The van der Waals surface area contributed by atoms with Crippen LogP contribution in [0.1, 0.15) is 45.1 Å². The van der Waals surface area contributed by atoms with Crippen molar-refractivity contribution in [2.75, 3.05) is 12.0 Å². The molecule has 0 bridgehead atoms. The second-order valence-corrected chi connectivity index (χ2v) is 9.47. The van der Waals surface area contributed by atoms with Crippen LogP contribution in [0.5, 0.6) is 0 Å². The van der Waals surface area contributed by atoms with Crippen LogP contribution in [0.2, 0.25) is 5.02 Å². The third-order valence-electron chi connectivity index (χ3n) is 6.54. The number of carbonyl (C=O) groups is 1. The van der Waals surface area contributed by atoms with Crippen LogP contribution < -0.4 is 10.2 Å². The second kappa shape index (κ2) is 9.76. The molecule has 1 aliphatic heterocycles. The van der Waals surface area contributed by atoms with E-state index in [1.165, 1.54) is 7.11 Å². The van der Waals surface area contributed by atoms with Crippen molar-refractivity contribution in [3.8, 4) is 5.69 Å². The summed E-state index contributed by atoms with van der Waals surface area (Å²) in [6.07, 6.45) is 1.79. The van der Waals surface area contributed by atoms with Crippen molar-refractivity contribution in [3.05, 3.63) is 112 Å². The number of aromatic nitrogens is 2. The fourth-order valence-electron chi connectivity index (χ4n) is 4.96. The SMILES string of the molecule is COC(=O)c1ccccc1-n1c(C)cc(C2C(c3ccccn3)NC(=S)N2c2ccc(Cl)cc2)c1C. The Morgan fingerprint density at radius 3 is 2.47 bits per heavy atom. The average molecular weight is 517 g/mol. The van der Waals surface area contributed by atoms with E-state index in [9.17, 15) is 4.79 Å². The van der Waals surface area contributed by atoms with E-state index in [0.29, 0.717) is 15.7 Å². The molecule has 8 heteroatoms. The predicted molar refractivity (Wildman–Crippen MR) is 146 cm³/mol. The van der Waals surface area contributed by atoms with Crippen LogP contribution in [0.4, 0.5) is 5.69 Å². The smallest absolute Gasteiger partial charge is 0.339 e. The minimum absolute atomic E-state index is 0.181. The predicted octanol–water partition coefficient (Wildman–Crippen LogP) is 6.11. The molecule has 0 radical (unpaired) electrons. The van der Waals surface area contributed by atoms with E-state index < -0.39 is 0 Å². The first kappa shape index (κ1) is 24.0. The van der Waals surface area contributed by atoms with Crippen LogP contribution in [0, 0.1) is 13.8 Å². The highest BCUT2D eigenvalue weighted by Gasteiger charge is 2.42. The van der Waals surface area contributed by atoms with Crippen molar-refractivity contribution >= 4 is 40.6 Å². The topological polar surface area (TPSA) is 59.4 Å². The number of hydrogen-bond donors (Lipinski definition) is 1. The molecule has 1 aliphatic rings. The summed E-state index contributed by atoms with van der Waals surface area (Å²) in [5.74, 6) is -0.377. The minimum atomic E-state index is -0.377. The van der Waals surface area contributed by atoms with Gasteiger partial charge in [-0.2, -0.15) is 0 Å². The van der Waals surface area contributed by atoms with Crippen LogP contribution in [-0.4, -0.2) is 27.7 Å². The maximum Gasteiger partial charge on any atom is 0.339 e. The number of nitrogens with zero attached hydrogens (tertiary/aromatic N) is 3. The molecule has 2 unspecified atom stereocenters. The number of carbonyl (C=O) groups excluding carboxylic acids is 1. The summed E-state index contributed by atoms with van der Waals surface area (Å²) >= 11 is 12.0. The fraction of sp³-hybridized carbons (Fsp3) is 0.179. The summed E-state index contributed by atoms with van der Waals surface area (Å²) in [6, 6.07) is 22.8. The molecular weight excluding hydrogens is 492 g/mol. The van der Waals surface area contributed by atoms with E-state index in [-0.39, 0.29) is 18.1 Å². The third-order valence-corrected chi connectivity index (χ3v) is 7.11. The maximum atomic E-state index is 12.5. The Kier molecular flexibility index (Phi) is 6.51. The number of anilines is 1. The molecule has 0 spiro atoms. The number of pyridine rings is 1. The highest BCUT2D eigenvalue weighted by molar-refractivity contribution is 7.80. The van der Waals surface area contributed by atoms with Crippen LogP contribution in [0.15, 0.2) is 79.0 Å². The Morgan fingerprint density at radius 1 is 1.06 bits per heavy atom. The number of para-hydroxylation sites is 1. The van der Waals surface area contributed by atoms with Crippen LogP contribution in [-0.2, 0) is 4.74 Å². The Bertz CT molecular complexity index is 1440. The van der Waals surface area contributed by atoms with Crippen molar-refractivity contribution in [3.63, 3.8) is 0 Å². The Balaban J connectivity index is 1.69. The van der Waals surface area contributed by atoms with Crippen LogP contribution in [0.25, 0.3) is 5.69 Å². The molecule has 0 saturated carbocycles. The lowest BCUT2D eigenvalue weighted by Crippen LogP contribution is -2.29. The van der Waals surface area contributed by atoms with Gasteiger partial charge in [0, 0.05) is 28.3 Å². The number of rotatable bonds is 5. The van der Waals surface area contributed by atoms with E-state index in [1.54, 1.807) is 12.3 Å². The molecule has 0 amide bonds. The van der Waals surface area contributed by atoms with E-state index >= 15 is 0 Å². The van der Waals surface area contributed by atoms with Gasteiger partial charge < -0.3 is 19.5 Å². The van der Waals surface area contributed by atoms with Gasteiger partial charge in [0.25, 0.3) is 0 Å². The van der Waals surface area contributed by atoms with E-state index in [1.807, 2.05) is 67.6 Å². The molecule has 0 aliphatic carbocycles. The van der Waals surface area contributed by atoms with Gasteiger partial charge in [0.1, 0.15) is 0 Å². The first-order chi connectivity index (χ1) is 17.4. The fourth-order valence-corrected chi connectivity index (χ4v) is 5.43. The average Bonchev–Trinajstić information content (AvgIpc) is 3.39. The quantitative estimate of drug-likeness (QED) is 0.255. The molecule has 4 aromatic rings. The molecule has 1 saturated heterocycles. The molecule has 5 rings (SSSR count). The van der Waals surface area contributed by atoms with Gasteiger partial charge in [0.15, 0.2) is 5.11 Å². The lowest BCUT2D eigenvalue weighted by molar-refractivity contribution is 0.0600. The molecule has 1 N–H and O–H groups in total. The van der Waals surface area contributed by atoms with Crippen LogP contribution in [0.3, 0.4) is 0 Å². The van der Waals surface area contributed by atoms with Gasteiger partial charge in [0.05, 0.1) is 36.1 Å². The maximum absolute atomic E-state index is 12.5. The number of ether oxygens (including phenoxy) is 1. The summed E-state index contributed by atoms with van der Waals surface area (Å²) in [7, 11) is 1.40. The molecule has 2 aromatic heterocycles. The first-order valence-electron chi connectivity index (χ1n) is 11.5. The molecule has 36 heavy (non-hydrogen) atoms. The standard InChI is InChI=1S/C28H25ClN4O2S/c1-17-16-22(18(2)32(17)24-10-5-4-8-21(24)27(34)35-3)26-25(23-9-6-7-15-30-23)31-28(36)33(26)20-13-11-19(29)12-14-20/h4-16,25-26H,1-3H3,(H,31,36). The number of nitrogens with one attached hydrogen (secondary N) is 1. The summed E-state index contributed by atoms with van der Waals surface area (Å²) in [6.45, 7) is 4.10. The summed E-state index contributed by atoms with van der Waals surface area (Å²) in [4.78, 5) is 19.3. The zero-order valence-electron chi connectivity index (χ0n) is 20.1. The van der Waals surface area contributed by atoms with E-state index in [2.05, 4.69) is 32.8 Å². The first-order valence-corrected chi connectivity index (χ1v) is 12.3. The van der Waals surface area contributed by atoms with Crippen LogP contribution >= 0.6 is 23.8 Å². The third kappa shape index (κ3) is 4.14. The van der Waals surface area contributed by atoms with Gasteiger partial charge >= 0.3 is 5.97 Å². The number of methoxy groups -OCH3 is 1. The number of thiocarbonyl (C=S) groups is 1. The molecule has 2 aromatic carbocycles. The van der Waals surface area contributed by atoms with Gasteiger partial charge in [-0.05, 0) is 86.2 Å². The van der Waals surface area contributed by atoms with Gasteiger partial charge in [-0.15, -0.1) is 0 Å². The van der Waals surface area contributed by atoms with Gasteiger partial charge in [0.2, 0.25) is 0 Å². The van der Waals surface area contributed by atoms with Crippen molar-refractivity contribution in [1.82, 2.24) is 14.9 Å². The van der Waals surface area contributed by atoms with Gasteiger partial charge in [-0.1, -0.05) is 29.8 Å². The van der Waals surface area contributed by atoms with Crippen molar-refractivity contribution < 1.29 is 9.53 Å². The minimum Gasteiger partial charge on any atom is -0.465 e. The highest BCUT2D eigenvalue weighted by Crippen LogP contribution is 2.44. The molecule has 182 valence electrons. The Morgan fingerprint density at radius 2 is 1.78 bits per heavy atom. The Hall–Kier alpha value is -3.68. The highest BCUT2D eigenvalue weighted by atomic mass is 35.5. The van der Waals surface area contributed by atoms with Gasteiger partial charge in [-0.25, -0.2) is 4.79 Å². The Labute approximate surface area is 220 Å². The molecule has 2 atom stereocenters.